The molecule has 1 aliphatic heterocycles. The summed E-state index contributed by atoms with van der Waals surface area (Å²) in [5, 5.41) is 3.61. The van der Waals surface area contributed by atoms with E-state index in [4.69, 9.17) is 38.5 Å². The highest BCUT2D eigenvalue weighted by atomic mass is 35.5. The van der Waals surface area contributed by atoms with Crippen molar-refractivity contribution < 1.29 is 9.47 Å². The molecule has 1 fully saturated rings. The van der Waals surface area contributed by atoms with Gasteiger partial charge in [0.15, 0.2) is 5.13 Å². The number of rotatable bonds is 2. The Balaban J connectivity index is 0.000000225. The summed E-state index contributed by atoms with van der Waals surface area (Å²) >= 11 is 13.2. The maximum atomic E-state index is 5.91. The van der Waals surface area contributed by atoms with E-state index in [1.165, 1.54) is 11.3 Å². The smallest absolute Gasteiger partial charge is 0.197 e. The van der Waals surface area contributed by atoms with Crippen LogP contribution in [0.5, 0.6) is 0 Å². The molecule has 1 aromatic heterocycles. The van der Waals surface area contributed by atoms with Crippen LogP contribution in [-0.4, -0.2) is 31.4 Å². The molecule has 2 heterocycles. The summed E-state index contributed by atoms with van der Waals surface area (Å²) in [6.45, 7) is 3.11. The standard InChI is InChI=1S/C9H7Cl2N3S.C4H8O2/c10-6-2-1-5(3-7(6)11)8-4-15-9(13-8)14-12;1-2-6-4-3-5-1/h1-4H,12H2,(H,13,14);1-4H2. The highest BCUT2D eigenvalue weighted by Crippen LogP contribution is 2.30. The van der Waals surface area contributed by atoms with E-state index in [1.54, 1.807) is 12.1 Å². The van der Waals surface area contributed by atoms with Gasteiger partial charge in [-0.05, 0) is 12.1 Å². The topological polar surface area (TPSA) is 69.4 Å². The number of thiazole rings is 1. The number of nitrogens with zero attached hydrogens (tertiary/aromatic N) is 1. The zero-order valence-electron chi connectivity index (χ0n) is 11.1. The lowest BCUT2D eigenvalue weighted by Gasteiger charge is -2.09. The number of nitrogens with two attached hydrogens (primary N) is 1. The third-order valence-corrected chi connectivity index (χ3v) is 4.10. The summed E-state index contributed by atoms with van der Waals surface area (Å²) in [6, 6.07) is 5.39. The van der Waals surface area contributed by atoms with Crippen molar-refractivity contribution >= 4 is 39.7 Å². The molecule has 8 heteroatoms. The van der Waals surface area contributed by atoms with E-state index in [2.05, 4.69) is 10.4 Å². The normalized spacial score (nSPS) is 14.2. The Hall–Kier alpha value is -0.890. The minimum atomic E-state index is 0.518. The number of hydrogen-bond acceptors (Lipinski definition) is 6. The molecular formula is C13H15Cl2N3O2S. The molecule has 0 amide bonds. The van der Waals surface area contributed by atoms with Crippen LogP contribution in [0.4, 0.5) is 5.13 Å². The molecular weight excluding hydrogens is 333 g/mol. The van der Waals surface area contributed by atoms with Crippen LogP contribution in [0.15, 0.2) is 23.6 Å². The van der Waals surface area contributed by atoms with Gasteiger partial charge in [-0.1, -0.05) is 29.3 Å². The van der Waals surface area contributed by atoms with Gasteiger partial charge in [-0.25, -0.2) is 10.8 Å². The summed E-state index contributed by atoms with van der Waals surface area (Å²) in [6.07, 6.45) is 0. The molecule has 1 aliphatic rings. The van der Waals surface area contributed by atoms with E-state index in [9.17, 15) is 0 Å². The van der Waals surface area contributed by atoms with Crippen LogP contribution in [0.2, 0.25) is 10.0 Å². The fourth-order valence-corrected chi connectivity index (χ4v) is 2.50. The summed E-state index contributed by atoms with van der Waals surface area (Å²) in [4.78, 5) is 4.25. The van der Waals surface area contributed by atoms with Crippen molar-refractivity contribution in [1.29, 1.82) is 0 Å². The fourth-order valence-electron chi connectivity index (χ4n) is 1.57. The molecule has 5 nitrogen and oxygen atoms in total. The lowest BCUT2D eigenvalue weighted by Crippen LogP contribution is -2.16. The maximum Gasteiger partial charge on any atom is 0.197 e. The highest BCUT2D eigenvalue weighted by molar-refractivity contribution is 7.14. The zero-order valence-corrected chi connectivity index (χ0v) is 13.5. The second-order valence-corrected chi connectivity index (χ2v) is 5.71. The molecule has 3 N–H and O–H groups in total. The lowest BCUT2D eigenvalue weighted by molar-refractivity contribution is -0.0334. The van der Waals surface area contributed by atoms with E-state index in [0.717, 1.165) is 37.7 Å². The van der Waals surface area contributed by atoms with Gasteiger partial charge in [0.2, 0.25) is 0 Å². The quantitative estimate of drug-likeness (QED) is 0.643. The van der Waals surface area contributed by atoms with Crippen LogP contribution in [0.25, 0.3) is 11.3 Å². The van der Waals surface area contributed by atoms with E-state index >= 15 is 0 Å². The molecule has 0 unspecified atom stereocenters. The number of benzene rings is 1. The molecule has 0 saturated carbocycles. The number of halogens is 2. The second kappa shape index (κ2) is 8.53. The summed E-state index contributed by atoms with van der Waals surface area (Å²) in [5.74, 6) is 5.25. The van der Waals surface area contributed by atoms with E-state index in [-0.39, 0.29) is 0 Å². The third-order valence-electron chi connectivity index (χ3n) is 2.59. The monoisotopic (exact) mass is 347 g/mol. The Labute approximate surface area is 137 Å². The van der Waals surface area contributed by atoms with E-state index in [1.807, 2.05) is 11.4 Å². The number of anilines is 1. The van der Waals surface area contributed by atoms with Crippen molar-refractivity contribution in [3.63, 3.8) is 0 Å². The molecule has 0 bridgehead atoms. The Bertz CT molecular complexity index is 565. The number of nitrogens with one attached hydrogen (secondary N) is 1. The summed E-state index contributed by atoms with van der Waals surface area (Å²) in [7, 11) is 0. The van der Waals surface area contributed by atoms with Crippen LogP contribution in [0, 0.1) is 0 Å². The molecule has 21 heavy (non-hydrogen) atoms. The minimum Gasteiger partial charge on any atom is -0.377 e. The second-order valence-electron chi connectivity index (χ2n) is 4.04. The van der Waals surface area contributed by atoms with E-state index in [0.29, 0.717) is 15.2 Å². The van der Waals surface area contributed by atoms with Crippen molar-refractivity contribution in [3.05, 3.63) is 33.6 Å². The first-order chi connectivity index (χ1) is 10.2. The van der Waals surface area contributed by atoms with Gasteiger partial charge in [-0.15, -0.1) is 11.3 Å². The largest absolute Gasteiger partial charge is 0.377 e. The summed E-state index contributed by atoms with van der Waals surface area (Å²) < 4.78 is 9.89. The van der Waals surface area contributed by atoms with Gasteiger partial charge in [-0.2, -0.15) is 0 Å². The first kappa shape index (κ1) is 16.5. The molecule has 114 valence electrons. The number of ether oxygens (including phenoxy) is 2. The SMILES string of the molecule is C1COCCO1.NNc1nc(-c2ccc(Cl)c(Cl)c2)cs1. The van der Waals surface area contributed by atoms with Gasteiger partial charge in [-0.3, -0.25) is 5.43 Å². The van der Waals surface area contributed by atoms with Gasteiger partial charge >= 0.3 is 0 Å². The third kappa shape index (κ3) is 5.10. The van der Waals surface area contributed by atoms with Gasteiger partial charge in [0.05, 0.1) is 42.2 Å². The molecule has 0 aliphatic carbocycles. The fraction of sp³-hybridized carbons (Fsp3) is 0.308. The van der Waals surface area contributed by atoms with Crippen molar-refractivity contribution in [2.75, 3.05) is 31.9 Å². The number of nitrogen functional groups attached to an aromatic ring is 1. The average Bonchev–Trinajstić information content (AvgIpc) is 3.01. The number of aromatic nitrogens is 1. The maximum absolute atomic E-state index is 5.91. The Morgan fingerprint density at radius 2 is 1.76 bits per heavy atom. The van der Waals surface area contributed by atoms with Crippen molar-refractivity contribution in [1.82, 2.24) is 4.98 Å². The van der Waals surface area contributed by atoms with Crippen molar-refractivity contribution in [2.24, 2.45) is 5.84 Å². The molecule has 1 aromatic carbocycles. The highest BCUT2D eigenvalue weighted by Gasteiger charge is 2.05. The molecule has 3 rings (SSSR count). The average molecular weight is 348 g/mol. The van der Waals surface area contributed by atoms with Crippen LogP contribution >= 0.6 is 34.5 Å². The summed E-state index contributed by atoms with van der Waals surface area (Å²) in [5.41, 5.74) is 4.24. The van der Waals surface area contributed by atoms with Crippen LogP contribution in [0.3, 0.4) is 0 Å². The minimum absolute atomic E-state index is 0.518. The molecule has 0 spiro atoms. The van der Waals surface area contributed by atoms with Gasteiger partial charge in [0, 0.05) is 10.9 Å². The number of hydrazine groups is 1. The van der Waals surface area contributed by atoms with E-state index < -0.39 is 0 Å². The van der Waals surface area contributed by atoms with Crippen LogP contribution < -0.4 is 11.3 Å². The lowest BCUT2D eigenvalue weighted by atomic mass is 10.2. The van der Waals surface area contributed by atoms with Gasteiger partial charge in [0.1, 0.15) is 0 Å². The van der Waals surface area contributed by atoms with Crippen LogP contribution in [-0.2, 0) is 9.47 Å². The van der Waals surface area contributed by atoms with Gasteiger partial charge < -0.3 is 9.47 Å². The van der Waals surface area contributed by atoms with Gasteiger partial charge in [0.25, 0.3) is 0 Å². The first-order valence-corrected chi connectivity index (χ1v) is 7.87. The molecule has 1 saturated heterocycles. The predicted molar refractivity (Wildman–Crippen MR) is 87.0 cm³/mol. The Morgan fingerprint density at radius 3 is 2.24 bits per heavy atom. The Morgan fingerprint density at radius 1 is 1.10 bits per heavy atom. The number of hydrogen-bond donors (Lipinski definition) is 2. The van der Waals surface area contributed by atoms with Crippen molar-refractivity contribution in [2.45, 2.75) is 0 Å². The molecule has 0 radical (unpaired) electrons. The Kier molecular flexibility index (Phi) is 6.69. The van der Waals surface area contributed by atoms with Crippen LogP contribution in [0.1, 0.15) is 0 Å². The first-order valence-electron chi connectivity index (χ1n) is 6.24. The predicted octanol–water partition coefficient (Wildman–Crippen LogP) is 3.44. The van der Waals surface area contributed by atoms with Crippen molar-refractivity contribution in [3.8, 4) is 11.3 Å². The zero-order chi connectivity index (χ0) is 15.1. The molecule has 0 atom stereocenters. The molecule has 2 aromatic rings.